The van der Waals surface area contributed by atoms with Gasteiger partial charge < -0.3 is 14.8 Å². The molecule has 0 unspecified atom stereocenters. The van der Waals surface area contributed by atoms with E-state index in [0.717, 1.165) is 0 Å². The van der Waals surface area contributed by atoms with Gasteiger partial charge >= 0.3 is 5.97 Å². The van der Waals surface area contributed by atoms with Gasteiger partial charge in [-0.1, -0.05) is 18.2 Å². The fraction of sp³-hybridized carbons (Fsp3) is 0.300. The topological polar surface area (TPSA) is 111 Å². The maximum atomic E-state index is 12.9. The van der Waals surface area contributed by atoms with Gasteiger partial charge in [0, 0.05) is 17.9 Å². The summed E-state index contributed by atoms with van der Waals surface area (Å²) in [5.41, 5.74) is 1.21. The molecular weight excluding hydrogens is 428 g/mol. The molecule has 0 saturated heterocycles. The van der Waals surface area contributed by atoms with Gasteiger partial charge in [0.1, 0.15) is 5.75 Å². The first kappa shape index (κ1) is 23.6. The van der Waals surface area contributed by atoms with Crippen LogP contribution in [0.25, 0.3) is 0 Å². The number of anilines is 2. The van der Waals surface area contributed by atoms with Crippen molar-refractivity contribution in [2.24, 2.45) is 0 Å². The molecule has 0 aliphatic carbocycles. The molecule has 0 aliphatic heterocycles. The summed E-state index contributed by atoms with van der Waals surface area (Å²) in [7, 11) is -1.14. The minimum Gasteiger partial charge on any atom is -0.495 e. The van der Waals surface area contributed by atoms with E-state index in [0.29, 0.717) is 28.4 Å². The van der Waals surface area contributed by atoms with Gasteiger partial charge in [0.25, 0.3) is 10.0 Å². The molecule has 0 fully saturated rings. The van der Waals surface area contributed by atoms with Crippen molar-refractivity contribution in [3.8, 4) is 5.75 Å². The molecule has 0 spiro atoms. The molecule has 162 valence electrons. The fourth-order valence-electron chi connectivity index (χ4n) is 2.50. The van der Waals surface area contributed by atoms with Gasteiger partial charge in [-0.3, -0.25) is 14.3 Å². The molecule has 2 aromatic carbocycles. The van der Waals surface area contributed by atoms with Crippen LogP contribution in [0.4, 0.5) is 11.4 Å². The average Bonchev–Trinajstić information content (AvgIpc) is 2.72. The number of thioether (sulfide) groups is 1. The van der Waals surface area contributed by atoms with E-state index in [1.807, 2.05) is 0 Å². The number of aryl methyl sites for hydroxylation is 1. The number of amides is 1. The lowest BCUT2D eigenvalue weighted by Gasteiger charge is -2.14. The minimum absolute atomic E-state index is 0.0475. The Morgan fingerprint density at radius 1 is 1.10 bits per heavy atom. The summed E-state index contributed by atoms with van der Waals surface area (Å²) in [6, 6.07) is 11.4. The zero-order chi connectivity index (χ0) is 22.1. The van der Waals surface area contributed by atoms with Gasteiger partial charge in [-0.2, -0.15) is 0 Å². The van der Waals surface area contributed by atoms with Crippen LogP contribution in [0.1, 0.15) is 12.0 Å². The van der Waals surface area contributed by atoms with Gasteiger partial charge in [-0.15, -0.1) is 11.8 Å². The molecule has 2 N–H and O–H groups in total. The second kappa shape index (κ2) is 10.9. The number of nitrogens with one attached hydrogen (secondary N) is 2. The Balaban J connectivity index is 2.08. The Kier molecular flexibility index (Phi) is 8.55. The molecule has 0 heterocycles. The maximum Gasteiger partial charge on any atom is 0.315 e. The highest BCUT2D eigenvalue weighted by Gasteiger charge is 2.20. The number of hydrogen-bond acceptors (Lipinski definition) is 7. The average molecular weight is 453 g/mol. The van der Waals surface area contributed by atoms with Crippen molar-refractivity contribution in [1.29, 1.82) is 0 Å². The highest BCUT2D eigenvalue weighted by Crippen LogP contribution is 2.28. The van der Waals surface area contributed by atoms with Crippen LogP contribution in [0.2, 0.25) is 0 Å². The van der Waals surface area contributed by atoms with Crippen LogP contribution < -0.4 is 14.8 Å². The van der Waals surface area contributed by atoms with E-state index < -0.39 is 10.0 Å². The van der Waals surface area contributed by atoms with Crippen molar-refractivity contribution in [2.75, 3.05) is 35.8 Å². The van der Waals surface area contributed by atoms with E-state index in [-0.39, 0.29) is 28.9 Å². The quantitative estimate of drug-likeness (QED) is 0.421. The van der Waals surface area contributed by atoms with Crippen molar-refractivity contribution < 1.29 is 27.5 Å². The van der Waals surface area contributed by atoms with E-state index in [1.54, 1.807) is 43.3 Å². The van der Waals surface area contributed by atoms with Crippen LogP contribution in [0, 0.1) is 6.92 Å². The highest BCUT2D eigenvalue weighted by atomic mass is 32.2. The minimum atomic E-state index is -3.91. The van der Waals surface area contributed by atoms with Gasteiger partial charge in [0.15, 0.2) is 0 Å². The Labute approximate surface area is 180 Å². The highest BCUT2D eigenvalue weighted by molar-refractivity contribution is 7.99. The van der Waals surface area contributed by atoms with Crippen LogP contribution in [0.15, 0.2) is 47.4 Å². The van der Waals surface area contributed by atoms with Gasteiger partial charge in [0.2, 0.25) is 5.91 Å². The van der Waals surface area contributed by atoms with E-state index in [4.69, 9.17) is 4.74 Å². The summed E-state index contributed by atoms with van der Waals surface area (Å²) in [5.74, 6) is 0.375. The third-order valence-electron chi connectivity index (χ3n) is 4.03. The first-order chi connectivity index (χ1) is 14.3. The number of carbonyl (C=O) groups is 2. The van der Waals surface area contributed by atoms with Crippen molar-refractivity contribution in [1.82, 2.24) is 0 Å². The number of methoxy groups -OCH3 is 2. The van der Waals surface area contributed by atoms with Crippen molar-refractivity contribution >= 4 is 45.0 Å². The molecule has 0 saturated carbocycles. The molecule has 0 aliphatic rings. The largest absolute Gasteiger partial charge is 0.495 e. The Hall–Kier alpha value is -2.72. The zero-order valence-electron chi connectivity index (χ0n) is 16.9. The number of para-hydroxylation sites is 2. The van der Waals surface area contributed by atoms with E-state index >= 15 is 0 Å². The molecule has 0 bridgehead atoms. The Morgan fingerprint density at radius 2 is 1.83 bits per heavy atom. The number of sulfonamides is 1. The first-order valence-electron chi connectivity index (χ1n) is 8.97. The number of rotatable bonds is 10. The number of benzene rings is 2. The van der Waals surface area contributed by atoms with Crippen LogP contribution >= 0.6 is 11.8 Å². The molecule has 2 aromatic rings. The molecule has 10 heteroatoms. The number of carbonyl (C=O) groups excluding carboxylic acids is 2. The third kappa shape index (κ3) is 6.67. The summed E-state index contributed by atoms with van der Waals surface area (Å²) in [5, 5.41) is 2.68. The summed E-state index contributed by atoms with van der Waals surface area (Å²) >= 11 is 1.29. The molecule has 1 amide bonds. The molecular formula is C20H24N2O6S2. The molecule has 2 rings (SSSR count). The monoisotopic (exact) mass is 452 g/mol. The maximum absolute atomic E-state index is 12.9. The fourth-order valence-corrected chi connectivity index (χ4v) is 4.60. The SMILES string of the molecule is COC(=O)CSCCC(=O)Nc1ccc(C)c(S(=O)(=O)Nc2ccccc2OC)c1. The number of hydrogen-bond donors (Lipinski definition) is 2. The Bertz CT molecular complexity index is 1010. The zero-order valence-corrected chi connectivity index (χ0v) is 18.6. The number of esters is 1. The van der Waals surface area contributed by atoms with Crippen molar-refractivity contribution in [2.45, 2.75) is 18.2 Å². The molecule has 30 heavy (non-hydrogen) atoms. The van der Waals surface area contributed by atoms with Crippen LogP contribution in [0.5, 0.6) is 5.75 Å². The summed E-state index contributed by atoms with van der Waals surface area (Å²) in [4.78, 5) is 23.2. The summed E-state index contributed by atoms with van der Waals surface area (Å²) in [6.45, 7) is 1.67. The molecule has 0 radical (unpaired) electrons. The molecule has 8 nitrogen and oxygen atoms in total. The lowest BCUT2D eigenvalue weighted by molar-refractivity contribution is -0.137. The van der Waals surface area contributed by atoms with E-state index in [9.17, 15) is 18.0 Å². The van der Waals surface area contributed by atoms with E-state index in [1.165, 1.54) is 32.0 Å². The van der Waals surface area contributed by atoms with Crippen LogP contribution in [-0.2, 0) is 24.3 Å². The summed E-state index contributed by atoms with van der Waals surface area (Å²) in [6.07, 6.45) is 0.178. The van der Waals surface area contributed by atoms with Crippen LogP contribution in [0.3, 0.4) is 0 Å². The normalized spacial score (nSPS) is 10.9. The number of ether oxygens (including phenoxy) is 2. The van der Waals surface area contributed by atoms with Gasteiger partial charge in [-0.05, 0) is 36.8 Å². The predicted molar refractivity (Wildman–Crippen MR) is 118 cm³/mol. The lowest BCUT2D eigenvalue weighted by Crippen LogP contribution is -2.17. The van der Waals surface area contributed by atoms with Crippen LogP contribution in [-0.4, -0.2) is 46.0 Å². The standard InChI is InChI=1S/C20H24N2O6S2/c1-14-8-9-15(21-19(23)10-11-29-13-20(24)28-3)12-18(14)30(25,26)22-16-6-4-5-7-17(16)27-2/h4-9,12,22H,10-11,13H2,1-3H3,(H,21,23). The van der Waals surface area contributed by atoms with Crippen molar-refractivity contribution in [3.05, 3.63) is 48.0 Å². The van der Waals surface area contributed by atoms with Gasteiger partial charge in [-0.25, -0.2) is 8.42 Å². The first-order valence-corrected chi connectivity index (χ1v) is 11.6. The van der Waals surface area contributed by atoms with Crippen molar-refractivity contribution in [3.63, 3.8) is 0 Å². The van der Waals surface area contributed by atoms with Gasteiger partial charge in [0.05, 0.1) is 30.6 Å². The second-order valence-electron chi connectivity index (χ2n) is 6.21. The second-order valence-corrected chi connectivity index (χ2v) is 8.97. The molecule has 0 aromatic heterocycles. The molecule has 0 atom stereocenters. The smallest absolute Gasteiger partial charge is 0.315 e. The predicted octanol–water partition coefficient (Wildman–Crippen LogP) is 3.04. The lowest BCUT2D eigenvalue weighted by atomic mass is 10.2. The Morgan fingerprint density at radius 3 is 2.53 bits per heavy atom. The van der Waals surface area contributed by atoms with E-state index in [2.05, 4.69) is 14.8 Å². The summed E-state index contributed by atoms with van der Waals surface area (Å²) < 4.78 is 38.1. The third-order valence-corrected chi connectivity index (χ3v) is 6.47.